The fraction of sp³-hybridized carbons (Fsp3) is 0.462. The molecule has 1 aromatic carbocycles. The first kappa shape index (κ1) is 13.9. The van der Waals surface area contributed by atoms with Gasteiger partial charge in [0.2, 0.25) is 0 Å². The molecule has 1 aromatic rings. The highest BCUT2D eigenvalue weighted by Gasteiger charge is 2.55. The van der Waals surface area contributed by atoms with Crippen LogP contribution in [0.25, 0.3) is 0 Å². The van der Waals surface area contributed by atoms with Crippen LogP contribution in [-0.2, 0) is 9.31 Å². The van der Waals surface area contributed by atoms with Crippen LogP contribution in [-0.4, -0.2) is 29.7 Å². The van der Waals surface area contributed by atoms with Crippen LogP contribution >= 0.6 is 0 Å². The molecule has 0 saturated carbocycles. The summed E-state index contributed by atoms with van der Waals surface area (Å²) in [6.07, 6.45) is -1.11. The molecular formula is C13H18BNO4. The molecule has 1 aliphatic rings. The second kappa shape index (κ2) is 4.54. The molecule has 0 radical (unpaired) electrons. The third-order valence-electron chi connectivity index (χ3n) is 3.69. The highest BCUT2D eigenvalue weighted by atomic mass is 16.7. The first-order valence-electron chi connectivity index (χ1n) is 6.17. The van der Waals surface area contributed by atoms with E-state index in [1.807, 2.05) is 33.8 Å². The second-order valence-electron chi connectivity index (χ2n) is 5.55. The number of nitrogens with zero attached hydrogens (tertiary/aromatic N) is 1. The van der Waals surface area contributed by atoms with Gasteiger partial charge in [0.05, 0.1) is 11.2 Å². The second-order valence-corrected chi connectivity index (χ2v) is 5.55. The van der Waals surface area contributed by atoms with Gasteiger partial charge in [-0.15, -0.1) is 0 Å². The maximum atomic E-state index is 11.5. The van der Waals surface area contributed by atoms with Crippen LogP contribution in [0.1, 0.15) is 27.7 Å². The number of hydrogen-bond donors (Lipinski definition) is 1. The predicted molar refractivity (Wildman–Crippen MR) is 73.0 cm³/mol. The highest BCUT2D eigenvalue weighted by Crippen LogP contribution is 2.38. The van der Waals surface area contributed by atoms with Crippen molar-refractivity contribution >= 4 is 19.0 Å². The molecule has 1 heterocycles. The van der Waals surface area contributed by atoms with E-state index < -0.39 is 24.5 Å². The van der Waals surface area contributed by atoms with E-state index in [0.29, 0.717) is 5.69 Å². The Bertz CT molecular complexity index is 459. The van der Waals surface area contributed by atoms with Gasteiger partial charge in [-0.3, -0.25) is 4.81 Å². The standard InChI is InChI=1S/C13H18BNO4/c1-12(2)13(3,4)19-14(18-12)15(11(16)17)10-8-6-5-7-9-10/h5-9H,1-4H3,(H,16,17). The Hall–Kier alpha value is -1.53. The minimum atomic E-state index is -1.11. The zero-order chi connectivity index (χ0) is 14.3. The predicted octanol–water partition coefficient (Wildman–Crippen LogP) is 2.76. The number of carboxylic acid groups (broad SMARTS) is 1. The molecule has 0 aliphatic carbocycles. The Labute approximate surface area is 113 Å². The number of anilines is 1. The van der Waals surface area contributed by atoms with Crippen molar-refractivity contribution in [2.45, 2.75) is 38.9 Å². The van der Waals surface area contributed by atoms with Crippen molar-refractivity contribution in [3.63, 3.8) is 0 Å². The van der Waals surface area contributed by atoms with Crippen LogP contribution in [0.4, 0.5) is 10.5 Å². The summed E-state index contributed by atoms with van der Waals surface area (Å²) in [5.74, 6) is 0. The Morgan fingerprint density at radius 3 is 2.00 bits per heavy atom. The van der Waals surface area contributed by atoms with Gasteiger partial charge in [-0.25, -0.2) is 4.79 Å². The summed E-state index contributed by atoms with van der Waals surface area (Å²) in [7, 11) is -0.940. The Balaban J connectivity index is 2.31. The molecule has 0 atom stereocenters. The molecule has 6 heteroatoms. The van der Waals surface area contributed by atoms with E-state index in [-0.39, 0.29) is 0 Å². The Morgan fingerprint density at radius 2 is 1.58 bits per heavy atom. The van der Waals surface area contributed by atoms with E-state index in [2.05, 4.69) is 0 Å². The number of amides is 1. The Kier molecular flexibility index (Phi) is 3.32. The summed E-state index contributed by atoms with van der Waals surface area (Å²) < 4.78 is 11.5. The van der Waals surface area contributed by atoms with Crippen molar-refractivity contribution in [2.24, 2.45) is 0 Å². The van der Waals surface area contributed by atoms with Crippen LogP contribution < -0.4 is 4.81 Å². The van der Waals surface area contributed by atoms with E-state index in [0.717, 1.165) is 4.81 Å². The monoisotopic (exact) mass is 263 g/mol. The van der Waals surface area contributed by atoms with Crippen molar-refractivity contribution in [2.75, 3.05) is 4.81 Å². The first-order chi connectivity index (χ1) is 8.74. The van der Waals surface area contributed by atoms with Crippen LogP contribution in [0.2, 0.25) is 0 Å². The molecule has 19 heavy (non-hydrogen) atoms. The third-order valence-corrected chi connectivity index (χ3v) is 3.69. The fourth-order valence-corrected chi connectivity index (χ4v) is 1.83. The summed E-state index contributed by atoms with van der Waals surface area (Å²) in [6, 6.07) is 8.79. The molecule has 0 spiro atoms. The van der Waals surface area contributed by atoms with Crippen LogP contribution in [0.15, 0.2) is 30.3 Å². The molecule has 102 valence electrons. The van der Waals surface area contributed by atoms with Crippen molar-refractivity contribution in [3.8, 4) is 0 Å². The maximum Gasteiger partial charge on any atom is 0.604 e. The first-order valence-corrected chi connectivity index (χ1v) is 6.17. The van der Waals surface area contributed by atoms with Gasteiger partial charge < -0.3 is 14.4 Å². The van der Waals surface area contributed by atoms with Gasteiger partial charge in [0.1, 0.15) is 0 Å². The highest BCUT2D eigenvalue weighted by molar-refractivity contribution is 6.56. The topological polar surface area (TPSA) is 59.0 Å². The van der Waals surface area contributed by atoms with Gasteiger partial charge in [0.25, 0.3) is 0 Å². The molecule has 0 unspecified atom stereocenters. The fourth-order valence-electron chi connectivity index (χ4n) is 1.83. The smallest absolute Gasteiger partial charge is 0.465 e. The largest absolute Gasteiger partial charge is 0.604 e. The van der Waals surface area contributed by atoms with Gasteiger partial charge in [0, 0.05) is 5.69 Å². The zero-order valence-corrected chi connectivity index (χ0v) is 11.6. The number of rotatable bonds is 2. The molecule has 0 bridgehead atoms. The molecule has 2 rings (SSSR count). The molecule has 0 aromatic heterocycles. The van der Waals surface area contributed by atoms with Crippen LogP contribution in [0.5, 0.6) is 0 Å². The van der Waals surface area contributed by atoms with Crippen molar-refractivity contribution in [3.05, 3.63) is 30.3 Å². The van der Waals surface area contributed by atoms with E-state index in [1.54, 1.807) is 24.3 Å². The van der Waals surface area contributed by atoms with E-state index >= 15 is 0 Å². The molecule has 1 aliphatic heterocycles. The number of carbonyl (C=O) groups is 1. The van der Waals surface area contributed by atoms with Gasteiger partial charge in [-0.2, -0.15) is 0 Å². The molecular weight excluding hydrogens is 245 g/mol. The summed E-state index contributed by atoms with van der Waals surface area (Å²) in [4.78, 5) is 12.6. The van der Waals surface area contributed by atoms with Crippen molar-refractivity contribution in [1.29, 1.82) is 0 Å². The third kappa shape index (κ3) is 2.46. The lowest BCUT2D eigenvalue weighted by atomic mass is 9.90. The van der Waals surface area contributed by atoms with Gasteiger partial charge in [-0.1, -0.05) is 18.2 Å². The molecule has 1 amide bonds. The molecule has 1 fully saturated rings. The summed E-state index contributed by atoms with van der Waals surface area (Å²) in [5, 5.41) is 9.39. The average Bonchev–Trinajstić information content (AvgIpc) is 2.48. The van der Waals surface area contributed by atoms with Gasteiger partial charge >= 0.3 is 13.3 Å². The molecule has 1 N–H and O–H groups in total. The van der Waals surface area contributed by atoms with Crippen molar-refractivity contribution < 1.29 is 19.2 Å². The average molecular weight is 263 g/mol. The normalized spacial score (nSPS) is 20.3. The number of benzene rings is 1. The SMILES string of the molecule is CC1(C)OB(N(C(=O)O)c2ccccc2)OC1(C)C. The minimum absolute atomic E-state index is 0.522. The lowest BCUT2D eigenvalue weighted by molar-refractivity contribution is 0.00578. The number of hydrogen-bond acceptors (Lipinski definition) is 3. The van der Waals surface area contributed by atoms with E-state index in [1.165, 1.54) is 0 Å². The van der Waals surface area contributed by atoms with E-state index in [9.17, 15) is 9.90 Å². The van der Waals surface area contributed by atoms with Gasteiger partial charge in [-0.05, 0) is 39.8 Å². The van der Waals surface area contributed by atoms with E-state index in [4.69, 9.17) is 9.31 Å². The van der Waals surface area contributed by atoms with Gasteiger partial charge in [0.15, 0.2) is 0 Å². The van der Waals surface area contributed by atoms with Crippen LogP contribution in [0, 0.1) is 0 Å². The zero-order valence-electron chi connectivity index (χ0n) is 11.6. The minimum Gasteiger partial charge on any atom is -0.465 e. The molecule has 1 saturated heterocycles. The lowest BCUT2D eigenvalue weighted by Gasteiger charge is -2.32. The quantitative estimate of drug-likeness (QED) is 0.833. The maximum absolute atomic E-state index is 11.5. The van der Waals surface area contributed by atoms with Crippen LogP contribution in [0.3, 0.4) is 0 Å². The summed E-state index contributed by atoms with van der Waals surface area (Å²) in [5.41, 5.74) is -0.617. The number of para-hydroxylation sites is 1. The summed E-state index contributed by atoms with van der Waals surface area (Å²) >= 11 is 0. The van der Waals surface area contributed by atoms with Crippen molar-refractivity contribution in [1.82, 2.24) is 0 Å². The lowest BCUT2D eigenvalue weighted by Crippen LogP contribution is -2.46. The molecule has 5 nitrogen and oxygen atoms in total. The Morgan fingerprint density at radius 1 is 1.11 bits per heavy atom. The summed E-state index contributed by atoms with van der Waals surface area (Å²) in [6.45, 7) is 7.55.